The largest absolute Gasteiger partial charge is 0.493 e. The van der Waals surface area contributed by atoms with Crippen LogP contribution in [0.15, 0.2) is 18.2 Å². The summed E-state index contributed by atoms with van der Waals surface area (Å²) in [5.41, 5.74) is 0.668. The van der Waals surface area contributed by atoms with Crippen LogP contribution in [0.5, 0.6) is 5.75 Å². The van der Waals surface area contributed by atoms with Crippen molar-refractivity contribution in [3.8, 4) is 17.1 Å². The number of methoxy groups -OCH3 is 1. The summed E-state index contributed by atoms with van der Waals surface area (Å²) < 4.78 is 23.9. The van der Waals surface area contributed by atoms with Gasteiger partial charge in [-0.05, 0) is 18.6 Å². The van der Waals surface area contributed by atoms with Gasteiger partial charge in [0, 0.05) is 13.2 Å². The van der Waals surface area contributed by atoms with Crippen molar-refractivity contribution in [2.45, 2.75) is 26.4 Å². The Kier molecular flexibility index (Phi) is 5.06. The van der Waals surface area contributed by atoms with E-state index in [1.165, 1.54) is 12.1 Å². The van der Waals surface area contributed by atoms with E-state index in [2.05, 4.69) is 22.1 Å². The Morgan fingerprint density at radius 3 is 2.95 bits per heavy atom. The van der Waals surface area contributed by atoms with Crippen molar-refractivity contribution in [3.05, 3.63) is 29.8 Å². The molecule has 1 N–H and O–H groups in total. The fourth-order valence-electron chi connectivity index (χ4n) is 1.74. The molecule has 0 radical (unpaired) electrons. The first-order chi connectivity index (χ1) is 9.74. The third-order valence-electron chi connectivity index (χ3n) is 2.75. The van der Waals surface area contributed by atoms with Crippen LogP contribution in [0.25, 0.3) is 11.4 Å². The van der Waals surface area contributed by atoms with E-state index in [1.807, 2.05) is 0 Å². The molecule has 0 aliphatic heterocycles. The molecule has 2 aromatic rings. The lowest BCUT2D eigenvalue weighted by Gasteiger charge is -2.09. The molecule has 1 heterocycles. The number of nitrogens with one attached hydrogen (secondary N) is 1. The quantitative estimate of drug-likeness (QED) is 0.792. The predicted molar refractivity (Wildman–Crippen MR) is 72.9 cm³/mol. The lowest BCUT2D eigenvalue weighted by molar-refractivity contribution is 0.178. The number of rotatable bonds is 7. The molecule has 6 heteroatoms. The highest BCUT2D eigenvalue weighted by Gasteiger charge is 2.13. The zero-order valence-corrected chi connectivity index (χ0v) is 11.6. The molecule has 5 nitrogen and oxygen atoms in total. The molecule has 0 saturated carbocycles. The number of unbranched alkanes of at least 4 members (excludes halogenated alkanes) is 1. The van der Waals surface area contributed by atoms with Gasteiger partial charge in [-0.3, -0.25) is 5.10 Å². The number of hydrogen-bond donors (Lipinski definition) is 1. The van der Waals surface area contributed by atoms with Crippen LogP contribution >= 0.6 is 0 Å². The van der Waals surface area contributed by atoms with E-state index in [-0.39, 0.29) is 5.82 Å². The molecule has 0 aliphatic rings. The Balaban J connectivity index is 2.24. The summed E-state index contributed by atoms with van der Waals surface area (Å²) in [6, 6.07) is 4.35. The Labute approximate surface area is 117 Å². The monoisotopic (exact) mass is 279 g/mol. The summed E-state index contributed by atoms with van der Waals surface area (Å²) in [5, 5.41) is 6.88. The molecule has 0 bridgehead atoms. The number of halogens is 1. The van der Waals surface area contributed by atoms with E-state index in [0.717, 1.165) is 12.8 Å². The third-order valence-corrected chi connectivity index (χ3v) is 2.75. The van der Waals surface area contributed by atoms with Crippen LogP contribution in [0.4, 0.5) is 4.39 Å². The summed E-state index contributed by atoms with van der Waals surface area (Å²) >= 11 is 0. The van der Waals surface area contributed by atoms with Gasteiger partial charge < -0.3 is 9.47 Å². The number of hydrogen-bond acceptors (Lipinski definition) is 4. The van der Waals surface area contributed by atoms with Crippen molar-refractivity contribution in [1.29, 1.82) is 0 Å². The second kappa shape index (κ2) is 7.00. The van der Waals surface area contributed by atoms with Crippen molar-refractivity contribution in [2.75, 3.05) is 13.7 Å². The van der Waals surface area contributed by atoms with Gasteiger partial charge in [-0.1, -0.05) is 13.3 Å². The number of H-pyrrole nitrogens is 1. The molecule has 1 aromatic heterocycles. The van der Waals surface area contributed by atoms with E-state index in [9.17, 15) is 4.39 Å². The molecule has 1 aromatic carbocycles. The van der Waals surface area contributed by atoms with Crippen LogP contribution in [-0.4, -0.2) is 28.9 Å². The van der Waals surface area contributed by atoms with Crippen LogP contribution in [0, 0.1) is 5.82 Å². The van der Waals surface area contributed by atoms with Crippen molar-refractivity contribution in [1.82, 2.24) is 15.2 Å². The first-order valence-electron chi connectivity index (χ1n) is 6.57. The topological polar surface area (TPSA) is 60.0 Å². The molecular weight excluding hydrogens is 261 g/mol. The maximum atomic E-state index is 13.3. The van der Waals surface area contributed by atoms with Gasteiger partial charge in [0.25, 0.3) is 0 Å². The van der Waals surface area contributed by atoms with Crippen molar-refractivity contribution >= 4 is 0 Å². The fraction of sp³-hybridized carbons (Fsp3) is 0.429. The molecule has 0 amide bonds. The van der Waals surface area contributed by atoms with Crippen molar-refractivity contribution in [2.24, 2.45) is 0 Å². The number of ether oxygens (including phenoxy) is 2. The number of aromatic amines is 1. The van der Waals surface area contributed by atoms with Crippen LogP contribution in [0.2, 0.25) is 0 Å². The second-order valence-electron chi connectivity index (χ2n) is 4.38. The standard InChI is InChI=1S/C14H18FN3O2/c1-3-4-7-20-12-8-10(15)5-6-11(12)14-16-13(9-19-2)17-18-14/h5-6,8H,3-4,7,9H2,1-2H3,(H,16,17,18). The SMILES string of the molecule is CCCCOc1cc(F)ccc1-c1n[nH]c(COC)n1. The van der Waals surface area contributed by atoms with Crippen LogP contribution in [0.1, 0.15) is 25.6 Å². The van der Waals surface area contributed by atoms with Gasteiger partial charge in [0.2, 0.25) is 0 Å². The summed E-state index contributed by atoms with van der Waals surface area (Å²) in [6.07, 6.45) is 1.93. The summed E-state index contributed by atoms with van der Waals surface area (Å²) in [6.45, 7) is 2.96. The first kappa shape index (κ1) is 14.5. The van der Waals surface area contributed by atoms with E-state index in [4.69, 9.17) is 9.47 Å². The highest BCUT2D eigenvalue weighted by molar-refractivity contribution is 5.63. The van der Waals surface area contributed by atoms with Gasteiger partial charge >= 0.3 is 0 Å². The number of nitrogens with zero attached hydrogens (tertiary/aromatic N) is 2. The fourth-order valence-corrected chi connectivity index (χ4v) is 1.74. The summed E-state index contributed by atoms with van der Waals surface area (Å²) in [7, 11) is 1.58. The normalized spacial score (nSPS) is 10.8. The Morgan fingerprint density at radius 1 is 1.35 bits per heavy atom. The van der Waals surface area contributed by atoms with E-state index in [0.29, 0.717) is 36.2 Å². The van der Waals surface area contributed by atoms with Gasteiger partial charge in [-0.25, -0.2) is 9.37 Å². The maximum absolute atomic E-state index is 13.3. The predicted octanol–water partition coefficient (Wildman–Crippen LogP) is 2.94. The van der Waals surface area contributed by atoms with Crippen LogP contribution < -0.4 is 4.74 Å². The summed E-state index contributed by atoms with van der Waals surface area (Å²) in [4.78, 5) is 4.29. The van der Waals surface area contributed by atoms with E-state index in [1.54, 1.807) is 13.2 Å². The first-order valence-corrected chi connectivity index (χ1v) is 6.57. The molecule has 0 saturated heterocycles. The average Bonchev–Trinajstić information content (AvgIpc) is 2.88. The minimum absolute atomic E-state index is 0.340. The smallest absolute Gasteiger partial charge is 0.184 e. The maximum Gasteiger partial charge on any atom is 0.184 e. The molecule has 0 atom stereocenters. The number of benzene rings is 1. The van der Waals surface area contributed by atoms with Crippen molar-refractivity contribution in [3.63, 3.8) is 0 Å². The molecule has 2 rings (SSSR count). The van der Waals surface area contributed by atoms with Gasteiger partial charge in [0.15, 0.2) is 11.6 Å². The highest BCUT2D eigenvalue weighted by Crippen LogP contribution is 2.28. The third kappa shape index (κ3) is 3.54. The number of aromatic nitrogens is 3. The highest BCUT2D eigenvalue weighted by atomic mass is 19.1. The van der Waals surface area contributed by atoms with Gasteiger partial charge in [0.05, 0.1) is 12.2 Å². The Morgan fingerprint density at radius 2 is 2.20 bits per heavy atom. The molecule has 0 aliphatic carbocycles. The minimum Gasteiger partial charge on any atom is -0.493 e. The average molecular weight is 279 g/mol. The lowest BCUT2D eigenvalue weighted by Crippen LogP contribution is -1.99. The van der Waals surface area contributed by atoms with Gasteiger partial charge in [0.1, 0.15) is 18.2 Å². The van der Waals surface area contributed by atoms with Crippen molar-refractivity contribution < 1.29 is 13.9 Å². The molecular formula is C14H18FN3O2. The zero-order chi connectivity index (χ0) is 14.4. The van der Waals surface area contributed by atoms with Gasteiger partial charge in [-0.15, -0.1) is 0 Å². The minimum atomic E-state index is -0.340. The second-order valence-corrected chi connectivity index (χ2v) is 4.38. The van der Waals surface area contributed by atoms with Crippen LogP contribution in [-0.2, 0) is 11.3 Å². The van der Waals surface area contributed by atoms with E-state index < -0.39 is 0 Å². The Hall–Kier alpha value is -1.95. The summed E-state index contributed by atoms with van der Waals surface area (Å²) in [5.74, 6) is 1.21. The van der Waals surface area contributed by atoms with Crippen LogP contribution in [0.3, 0.4) is 0 Å². The van der Waals surface area contributed by atoms with E-state index >= 15 is 0 Å². The lowest BCUT2D eigenvalue weighted by atomic mass is 10.2. The molecule has 108 valence electrons. The molecule has 0 spiro atoms. The molecule has 0 fully saturated rings. The van der Waals surface area contributed by atoms with Gasteiger partial charge in [-0.2, -0.15) is 5.10 Å². The molecule has 20 heavy (non-hydrogen) atoms. The zero-order valence-electron chi connectivity index (χ0n) is 11.6. The molecule has 0 unspecified atom stereocenters. The Bertz CT molecular complexity index is 557.